The summed E-state index contributed by atoms with van der Waals surface area (Å²) >= 11 is 6.04. The fourth-order valence-electron chi connectivity index (χ4n) is 3.20. The van der Waals surface area contributed by atoms with Gasteiger partial charge in [-0.1, -0.05) is 23.7 Å². The Kier molecular flexibility index (Phi) is 4.08. The predicted molar refractivity (Wildman–Crippen MR) is 96.1 cm³/mol. The summed E-state index contributed by atoms with van der Waals surface area (Å²) in [4.78, 5) is 3.42. The molecule has 1 aromatic heterocycles. The number of rotatable bonds is 4. The van der Waals surface area contributed by atoms with Gasteiger partial charge in [-0.25, -0.2) is 0 Å². The SMILES string of the molecule is COc1cccc2c1OCC(NCc1cc3cc(Cl)ccc3[nH]1)C2. The molecule has 0 saturated heterocycles. The van der Waals surface area contributed by atoms with Crippen LogP contribution in [0.1, 0.15) is 11.3 Å². The van der Waals surface area contributed by atoms with Crippen LogP contribution in [0.3, 0.4) is 0 Å². The molecule has 124 valence electrons. The van der Waals surface area contributed by atoms with E-state index in [1.807, 2.05) is 30.3 Å². The van der Waals surface area contributed by atoms with Crippen LogP contribution >= 0.6 is 11.6 Å². The Morgan fingerprint density at radius 2 is 2.21 bits per heavy atom. The minimum atomic E-state index is 0.277. The molecule has 1 atom stereocenters. The van der Waals surface area contributed by atoms with Crippen LogP contribution in [0, 0.1) is 0 Å². The molecule has 0 radical (unpaired) electrons. The molecule has 0 spiro atoms. The summed E-state index contributed by atoms with van der Waals surface area (Å²) < 4.78 is 11.3. The second-order valence-electron chi connectivity index (χ2n) is 6.07. The van der Waals surface area contributed by atoms with Crippen LogP contribution in [-0.2, 0) is 13.0 Å². The summed E-state index contributed by atoms with van der Waals surface area (Å²) in [6.07, 6.45) is 0.929. The van der Waals surface area contributed by atoms with Gasteiger partial charge in [0.1, 0.15) is 6.61 Å². The first kappa shape index (κ1) is 15.4. The van der Waals surface area contributed by atoms with E-state index in [2.05, 4.69) is 22.4 Å². The van der Waals surface area contributed by atoms with E-state index in [9.17, 15) is 0 Å². The van der Waals surface area contributed by atoms with Crippen molar-refractivity contribution in [1.82, 2.24) is 10.3 Å². The van der Waals surface area contributed by atoms with Crippen molar-refractivity contribution in [2.75, 3.05) is 13.7 Å². The van der Waals surface area contributed by atoms with Crippen molar-refractivity contribution in [3.8, 4) is 11.5 Å². The van der Waals surface area contributed by atoms with Crippen LogP contribution in [0.2, 0.25) is 5.02 Å². The van der Waals surface area contributed by atoms with Gasteiger partial charge in [-0.05, 0) is 42.3 Å². The average Bonchev–Trinajstić information content (AvgIpc) is 3.01. The van der Waals surface area contributed by atoms with Crippen molar-refractivity contribution >= 4 is 22.5 Å². The maximum atomic E-state index is 6.04. The molecule has 0 bridgehead atoms. The standard InChI is InChI=1S/C19H19ClN2O2/c1-23-18-4-2-3-12-8-16(11-24-19(12)18)21-10-15-9-13-7-14(20)5-6-17(13)22-15/h2-7,9,16,21-22H,8,10-11H2,1H3. The van der Waals surface area contributed by atoms with Gasteiger partial charge in [0, 0.05) is 34.2 Å². The second-order valence-corrected chi connectivity index (χ2v) is 6.50. The quantitative estimate of drug-likeness (QED) is 0.755. The maximum Gasteiger partial charge on any atom is 0.164 e. The van der Waals surface area contributed by atoms with Gasteiger partial charge in [0.25, 0.3) is 0 Å². The van der Waals surface area contributed by atoms with Crippen LogP contribution in [0.5, 0.6) is 11.5 Å². The molecule has 4 nitrogen and oxygen atoms in total. The Balaban J connectivity index is 1.44. The summed E-state index contributed by atoms with van der Waals surface area (Å²) in [5.41, 5.74) is 3.43. The molecular weight excluding hydrogens is 324 g/mol. The molecular formula is C19H19ClN2O2. The zero-order valence-corrected chi connectivity index (χ0v) is 14.2. The molecule has 1 unspecified atom stereocenters. The number of aromatic amines is 1. The molecule has 0 amide bonds. The number of halogens is 1. The maximum absolute atomic E-state index is 6.04. The van der Waals surface area contributed by atoms with Gasteiger partial charge in [0.15, 0.2) is 11.5 Å². The zero-order valence-electron chi connectivity index (χ0n) is 13.4. The minimum absolute atomic E-state index is 0.277. The molecule has 2 N–H and O–H groups in total. The molecule has 0 saturated carbocycles. The highest BCUT2D eigenvalue weighted by Crippen LogP contribution is 2.34. The van der Waals surface area contributed by atoms with Crippen molar-refractivity contribution in [3.05, 3.63) is 58.7 Å². The number of hydrogen-bond donors (Lipinski definition) is 2. The van der Waals surface area contributed by atoms with Crippen molar-refractivity contribution in [2.24, 2.45) is 0 Å². The van der Waals surface area contributed by atoms with Gasteiger partial charge >= 0.3 is 0 Å². The molecule has 4 rings (SSSR count). The van der Waals surface area contributed by atoms with E-state index in [-0.39, 0.29) is 6.04 Å². The Bertz CT molecular complexity index is 875. The number of fused-ring (bicyclic) bond motifs is 2. The van der Waals surface area contributed by atoms with Gasteiger partial charge in [-0.3, -0.25) is 0 Å². The first-order valence-corrected chi connectivity index (χ1v) is 8.40. The van der Waals surface area contributed by atoms with Crippen LogP contribution < -0.4 is 14.8 Å². The number of H-pyrrole nitrogens is 1. The van der Waals surface area contributed by atoms with Crippen molar-refractivity contribution in [1.29, 1.82) is 0 Å². The van der Waals surface area contributed by atoms with Gasteiger partial charge in [0.2, 0.25) is 0 Å². The Hall–Kier alpha value is -2.17. The Labute approximate surface area is 145 Å². The first-order chi connectivity index (χ1) is 11.7. The Morgan fingerprint density at radius 1 is 1.29 bits per heavy atom. The molecule has 1 aliphatic rings. The van der Waals surface area contributed by atoms with Crippen molar-refractivity contribution in [2.45, 2.75) is 19.0 Å². The van der Waals surface area contributed by atoms with Crippen molar-refractivity contribution < 1.29 is 9.47 Å². The van der Waals surface area contributed by atoms with E-state index in [1.165, 1.54) is 5.56 Å². The number of methoxy groups -OCH3 is 1. The normalized spacial score (nSPS) is 16.7. The topological polar surface area (TPSA) is 46.3 Å². The zero-order chi connectivity index (χ0) is 16.5. The van der Waals surface area contributed by atoms with Gasteiger partial charge in [0.05, 0.1) is 7.11 Å². The predicted octanol–water partition coefficient (Wildman–Crippen LogP) is 3.92. The molecule has 24 heavy (non-hydrogen) atoms. The minimum Gasteiger partial charge on any atom is -0.493 e. The van der Waals surface area contributed by atoms with Crippen LogP contribution in [-0.4, -0.2) is 24.7 Å². The van der Waals surface area contributed by atoms with E-state index in [0.29, 0.717) is 6.61 Å². The van der Waals surface area contributed by atoms with E-state index >= 15 is 0 Å². The van der Waals surface area contributed by atoms with Gasteiger partial charge < -0.3 is 19.8 Å². The lowest BCUT2D eigenvalue weighted by molar-refractivity contribution is 0.226. The third-order valence-electron chi connectivity index (χ3n) is 4.40. The lowest BCUT2D eigenvalue weighted by Gasteiger charge is -2.27. The third-order valence-corrected chi connectivity index (χ3v) is 4.63. The van der Waals surface area contributed by atoms with Crippen LogP contribution in [0.25, 0.3) is 10.9 Å². The summed E-state index contributed by atoms with van der Waals surface area (Å²) in [7, 11) is 1.67. The number of aromatic nitrogens is 1. The third kappa shape index (κ3) is 2.95. The smallest absolute Gasteiger partial charge is 0.164 e. The molecule has 0 aliphatic carbocycles. The van der Waals surface area contributed by atoms with Crippen molar-refractivity contribution in [3.63, 3.8) is 0 Å². The van der Waals surface area contributed by atoms with E-state index in [4.69, 9.17) is 21.1 Å². The summed E-state index contributed by atoms with van der Waals surface area (Å²) in [5, 5.41) is 5.45. The summed E-state index contributed by atoms with van der Waals surface area (Å²) in [6.45, 7) is 1.40. The highest BCUT2D eigenvalue weighted by Gasteiger charge is 2.22. The van der Waals surface area contributed by atoms with Crippen LogP contribution in [0.4, 0.5) is 0 Å². The molecule has 5 heteroatoms. The van der Waals surface area contributed by atoms with E-state index in [1.54, 1.807) is 7.11 Å². The highest BCUT2D eigenvalue weighted by atomic mass is 35.5. The molecule has 0 fully saturated rings. The fourth-order valence-corrected chi connectivity index (χ4v) is 3.38. The largest absolute Gasteiger partial charge is 0.493 e. The number of para-hydroxylation sites is 1. The lowest BCUT2D eigenvalue weighted by atomic mass is 10.0. The Morgan fingerprint density at radius 3 is 3.08 bits per heavy atom. The number of benzene rings is 2. The fraction of sp³-hybridized carbons (Fsp3) is 0.263. The lowest BCUT2D eigenvalue weighted by Crippen LogP contribution is -2.39. The highest BCUT2D eigenvalue weighted by molar-refractivity contribution is 6.31. The summed E-state index contributed by atoms with van der Waals surface area (Å²) in [6, 6.07) is 14.3. The van der Waals surface area contributed by atoms with E-state index in [0.717, 1.165) is 46.1 Å². The number of ether oxygens (including phenoxy) is 2. The number of nitrogens with one attached hydrogen (secondary N) is 2. The van der Waals surface area contributed by atoms with Gasteiger partial charge in [-0.15, -0.1) is 0 Å². The molecule has 1 aliphatic heterocycles. The van der Waals surface area contributed by atoms with Crippen LogP contribution in [0.15, 0.2) is 42.5 Å². The first-order valence-electron chi connectivity index (χ1n) is 8.02. The molecule has 2 heterocycles. The molecule has 3 aromatic rings. The second kappa shape index (κ2) is 6.38. The van der Waals surface area contributed by atoms with Gasteiger partial charge in [-0.2, -0.15) is 0 Å². The number of hydrogen-bond acceptors (Lipinski definition) is 3. The van der Waals surface area contributed by atoms with E-state index < -0.39 is 0 Å². The molecule has 2 aromatic carbocycles. The monoisotopic (exact) mass is 342 g/mol. The average molecular weight is 343 g/mol. The summed E-state index contributed by atoms with van der Waals surface area (Å²) in [5.74, 6) is 1.68.